The van der Waals surface area contributed by atoms with Crippen molar-refractivity contribution in [3.05, 3.63) is 18.1 Å². The summed E-state index contributed by atoms with van der Waals surface area (Å²) < 4.78 is 0. The lowest BCUT2D eigenvalue weighted by Crippen LogP contribution is -2.07. The highest BCUT2D eigenvalue weighted by Crippen LogP contribution is 2.31. The predicted molar refractivity (Wildman–Crippen MR) is 77.1 cm³/mol. The highest BCUT2D eigenvalue weighted by atomic mass is 32.2. The van der Waals surface area contributed by atoms with Crippen molar-refractivity contribution >= 4 is 28.6 Å². The number of nitrogens with zero attached hydrogens (tertiary/aromatic N) is 2. The predicted octanol–water partition coefficient (Wildman–Crippen LogP) is 3.35. The lowest BCUT2D eigenvalue weighted by Gasteiger charge is -2.12. The lowest BCUT2D eigenvalue weighted by atomic mass is 10.3. The van der Waals surface area contributed by atoms with Crippen molar-refractivity contribution < 1.29 is 0 Å². The van der Waals surface area contributed by atoms with Crippen LogP contribution in [0.1, 0.15) is 37.8 Å². The molecule has 2 N–H and O–H groups in total. The molecule has 0 aromatic carbocycles. The van der Waals surface area contributed by atoms with Crippen LogP contribution in [0.25, 0.3) is 11.0 Å². The van der Waals surface area contributed by atoms with Gasteiger partial charge in [-0.2, -0.15) is 11.8 Å². The SMILES string of the molecule is CCSC(C)c1nc(NC2CC2)c2cc[nH]c2n1. The molecule has 0 spiro atoms. The number of aromatic amines is 1. The summed E-state index contributed by atoms with van der Waals surface area (Å²) >= 11 is 1.87. The van der Waals surface area contributed by atoms with Crippen LogP contribution in [-0.4, -0.2) is 26.7 Å². The van der Waals surface area contributed by atoms with Gasteiger partial charge in [0.25, 0.3) is 0 Å². The van der Waals surface area contributed by atoms with Gasteiger partial charge in [-0.1, -0.05) is 6.92 Å². The van der Waals surface area contributed by atoms with Crippen molar-refractivity contribution in [3.8, 4) is 0 Å². The molecule has 5 heteroatoms. The highest BCUT2D eigenvalue weighted by molar-refractivity contribution is 7.99. The lowest BCUT2D eigenvalue weighted by molar-refractivity contribution is 0.929. The number of rotatable bonds is 5. The molecule has 0 aliphatic heterocycles. The standard InChI is InChI=1S/C13H18N4S/c1-3-18-8(2)11-16-12-10(6-7-14-12)13(17-11)15-9-4-5-9/h6-9H,3-5H2,1-2H3,(H2,14,15,16,17). The Morgan fingerprint density at radius 2 is 2.33 bits per heavy atom. The smallest absolute Gasteiger partial charge is 0.145 e. The first-order valence-corrected chi connectivity index (χ1v) is 7.56. The topological polar surface area (TPSA) is 53.6 Å². The van der Waals surface area contributed by atoms with Crippen molar-refractivity contribution in [2.24, 2.45) is 0 Å². The molecule has 1 saturated carbocycles. The van der Waals surface area contributed by atoms with E-state index < -0.39 is 0 Å². The van der Waals surface area contributed by atoms with Gasteiger partial charge in [0, 0.05) is 12.2 Å². The maximum Gasteiger partial charge on any atom is 0.145 e. The molecule has 2 aromatic heterocycles. The first kappa shape index (κ1) is 11.8. The number of thioether (sulfide) groups is 1. The van der Waals surface area contributed by atoms with Crippen molar-refractivity contribution in [1.82, 2.24) is 15.0 Å². The van der Waals surface area contributed by atoms with Crippen LogP contribution in [0, 0.1) is 0 Å². The third-order valence-electron chi connectivity index (χ3n) is 3.13. The minimum absolute atomic E-state index is 0.336. The summed E-state index contributed by atoms with van der Waals surface area (Å²) in [7, 11) is 0. The fourth-order valence-electron chi connectivity index (χ4n) is 2.00. The second-order valence-electron chi connectivity index (χ2n) is 4.69. The van der Waals surface area contributed by atoms with E-state index in [0.717, 1.165) is 28.4 Å². The summed E-state index contributed by atoms with van der Waals surface area (Å²) in [5, 5.41) is 4.93. The Morgan fingerprint density at radius 1 is 1.50 bits per heavy atom. The molecule has 1 aliphatic rings. The van der Waals surface area contributed by atoms with E-state index in [9.17, 15) is 0 Å². The summed E-state index contributed by atoms with van der Waals surface area (Å²) in [4.78, 5) is 12.5. The first-order chi connectivity index (χ1) is 8.78. The Kier molecular flexibility index (Phi) is 3.16. The Bertz CT molecular complexity index is 547. The van der Waals surface area contributed by atoms with Crippen molar-refractivity contribution in [2.75, 3.05) is 11.1 Å². The average Bonchev–Trinajstić information content (AvgIpc) is 3.04. The molecule has 0 radical (unpaired) electrons. The van der Waals surface area contributed by atoms with E-state index in [1.807, 2.05) is 24.0 Å². The maximum atomic E-state index is 4.71. The molecular formula is C13H18N4S. The normalized spacial score (nSPS) is 17.0. The van der Waals surface area contributed by atoms with E-state index in [2.05, 4.69) is 29.1 Å². The van der Waals surface area contributed by atoms with Gasteiger partial charge in [0.05, 0.1) is 10.6 Å². The average molecular weight is 262 g/mol. The summed E-state index contributed by atoms with van der Waals surface area (Å²) in [5.41, 5.74) is 0.937. The second kappa shape index (κ2) is 4.80. The maximum absolute atomic E-state index is 4.71. The van der Waals surface area contributed by atoms with Gasteiger partial charge in [-0.15, -0.1) is 0 Å². The quantitative estimate of drug-likeness (QED) is 0.867. The van der Waals surface area contributed by atoms with Gasteiger partial charge >= 0.3 is 0 Å². The molecule has 96 valence electrons. The van der Waals surface area contributed by atoms with Gasteiger partial charge < -0.3 is 10.3 Å². The molecule has 18 heavy (non-hydrogen) atoms. The number of fused-ring (bicyclic) bond motifs is 1. The van der Waals surface area contributed by atoms with Gasteiger partial charge in [-0.05, 0) is 31.6 Å². The van der Waals surface area contributed by atoms with Crippen LogP contribution < -0.4 is 5.32 Å². The molecule has 0 bridgehead atoms. The zero-order valence-electron chi connectivity index (χ0n) is 10.7. The molecule has 1 atom stereocenters. The highest BCUT2D eigenvalue weighted by Gasteiger charge is 2.23. The summed E-state index contributed by atoms with van der Waals surface area (Å²) in [6.07, 6.45) is 4.44. The monoisotopic (exact) mass is 262 g/mol. The van der Waals surface area contributed by atoms with Crippen LogP contribution in [0.15, 0.2) is 12.3 Å². The number of aromatic nitrogens is 3. The largest absolute Gasteiger partial charge is 0.367 e. The molecule has 0 amide bonds. The van der Waals surface area contributed by atoms with Gasteiger partial charge in [-0.3, -0.25) is 0 Å². The minimum Gasteiger partial charge on any atom is -0.367 e. The first-order valence-electron chi connectivity index (χ1n) is 6.51. The van der Waals surface area contributed by atoms with Crippen LogP contribution in [0.2, 0.25) is 0 Å². The zero-order valence-corrected chi connectivity index (χ0v) is 11.5. The third kappa shape index (κ3) is 2.32. The van der Waals surface area contributed by atoms with Gasteiger partial charge in [0.1, 0.15) is 17.3 Å². The summed E-state index contributed by atoms with van der Waals surface area (Å²) in [5.74, 6) is 2.99. The van der Waals surface area contributed by atoms with Gasteiger partial charge in [-0.25, -0.2) is 9.97 Å². The second-order valence-corrected chi connectivity index (χ2v) is 6.30. The van der Waals surface area contributed by atoms with Gasteiger partial charge in [0.2, 0.25) is 0 Å². The number of H-pyrrole nitrogens is 1. The molecule has 3 rings (SSSR count). The van der Waals surface area contributed by atoms with Crippen LogP contribution in [0.4, 0.5) is 5.82 Å². The fourth-order valence-corrected chi connectivity index (χ4v) is 2.75. The third-order valence-corrected chi connectivity index (χ3v) is 4.18. The zero-order chi connectivity index (χ0) is 12.5. The molecule has 1 fully saturated rings. The molecule has 1 unspecified atom stereocenters. The molecule has 2 aromatic rings. The molecular weight excluding hydrogens is 244 g/mol. The molecule has 1 aliphatic carbocycles. The summed E-state index contributed by atoms with van der Waals surface area (Å²) in [6.45, 7) is 4.33. The van der Waals surface area contributed by atoms with E-state index in [1.54, 1.807) is 0 Å². The van der Waals surface area contributed by atoms with Crippen LogP contribution in [-0.2, 0) is 0 Å². The minimum atomic E-state index is 0.336. The van der Waals surface area contributed by atoms with Crippen LogP contribution in [0.3, 0.4) is 0 Å². The van der Waals surface area contributed by atoms with Crippen LogP contribution in [0.5, 0.6) is 0 Å². The van der Waals surface area contributed by atoms with E-state index >= 15 is 0 Å². The Morgan fingerprint density at radius 3 is 3.06 bits per heavy atom. The number of hydrogen-bond donors (Lipinski definition) is 2. The Balaban J connectivity index is 1.98. The number of hydrogen-bond acceptors (Lipinski definition) is 4. The van der Waals surface area contributed by atoms with Crippen molar-refractivity contribution in [2.45, 2.75) is 38.0 Å². The molecule has 2 heterocycles. The van der Waals surface area contributed by atoms with E-state index in [4.69, 9.17) is 4.98 Å². The van der Waals surface area contributed by atoms with Crippen molar-refractivity contribution in [3.63, 3.8) is 0 Å². The fraction of sp³-hybridized carbons (Fsp3) is 0.538. The van der Waals surface area contributed by atoms with E-state index in [-0.39, 0.29) is 0 Å². The number of nitrogens with one attached hydrogen (secondary N) is 2. The Hall–Kier alpha value is -1.23. The van der Waals surface area contributed by atoms with Crippen molar-refractivity contribution in [1.29, 1.82) is 0 Å². The van der Waals surface area contributed by atoms with Crippen LogP contribution >= 0.6 is 11.8 Å². The molecule has 4 nitrogen and oxygen atoms in total. The van der Waals surface area contributed by atoms with E-state index in [1.165, 1.54) is 12.8 Å². The van der Waals surface area contributed by atoms with E-state index in [0.29, 0.717) is 11.3 Å². The van der Waals surface area contributed by atoms with Gasteiger partial charge in [0.15, 0.2) is 0 Å². The molecule has 0 saturated heterocycles. The summed E-state index contributed by atoms with van der Waals surface area (Å²) in [6, 6.07) is 2.65. The number of anilines is 1. The Labute approximate surface area is 111 Å².